The van der Waals surface area contributed by atoms with E-state index in [0.717, 1.165) is 30.9 Å². The van der Waals surface area contributed by atoms with Crippen LogP contribution in [0.4, 0.5) is 0 Å². The zero-order valence-corrected chi connectivity index (χ0v) is 12.0. The van der Waals surface area contributed by atoms with Gasteiger partial charge in [-0.3, -0.25) is 0 Å². The molecule has 0 aromatic rings. The lowest BCUT2D eigenvalue weighted by Crippen LogP contribution is -2.33. The van der Waals surface area contributed by atoms with Crippen molar-refractivity contribution in [2.24, 2.45) is 17.8 Å². The van der Waals surface area contributed by atoms with Gasteiger partial charge in [0.25, 0.3) is 0 Å². The Kier molecular flexibility index (Phi) is 6.06. The molecule has 4 heteroatoms. The van der Waals surface area contributed by atoms with Gasteiger partial charge in [-0.2, -0.15) is 0 Å². The zero-order chi connectivity index (χ0) is 14.4. The molecule has 0 aliphatic heterocycles. The third-order valence-corrected chi connectivity index (χ3v) is 3.80. The molecule has 0 bridgehead atoms. The first kappa shape index (κ1) is 15.7. The Morgan fingerprint density at radius 1 is 1.16 bits per heavy atom. The maximum absolute atomic E-state index is 11.6. The Balaban J connectivity index is 2.58. The molecule has 1 saturated carbocycles. The molecule has 0 aromatic carbocycles. The van der Waals surface area contributed by atoms with Gasteiger partial charge in [-0.15, -0.1) is 0 Å². The molecule has 1 aliphatic carbocycles. The number of aliphatic carboxylic acids is 1. The average molecular weight is 268 g/mol. The van der Waals surface area contributed by atoms with E-state index in [4.69, 9.17) is 9.84 Å². The predicted molar refractivity (Wildman–Crippen MR) is 72.6 cm³/mol. The topological polar surface area (TPSA) is 63.6 Å². The third-order valence-electron chi connectivity index (χ3n) is 3.80. The number of hydrogen-bond acceptors (Lipinski definition) is 3. The van der Waals surface area contributed by atoms with Crippen LogP contribution in [-0.4, -0.2) is 23.1 Å². The van der Waals surface area contributed by atoms with Crippen molar-refractivity contribution < 1.29 is 19.4 Å². The highest BCUT2D eigenvalue weighted by molar-refractivity contribution is 5.90. The number of carboxylic acid groups (broad SMARTS) is 1. The zero-order valence-electron chi connectivity index (χ0n) is 12.0. The maximum atomic E-state index is 11.6. The fraction of sp³-hybridized carbons (Fsp3) is 0.733. The predicted octanol–water partition coefficient (Wildman–Crippen LogP) is 3.02. The second kappa shape index (κ2) is 7.31. The highest BCUT2D eigenvalue weighted by Crippen LogP contribution is 2.34. The number of rotatable bonds is 5. The number of esters is 1. The molecule has 0 heterocycles. The van der Waals surface area contributed by atoms with Gasteiger partial charge >= 0.3 is 11.9 Å². The molecular formula is C15H24O4. The lowest BCUT2D eigenvalue weighted by atomic mass is 9.77. The Bertz CT molecular complexity index is 338. The summed E-state index contributed by atoms with van der Waals surface area (Å²) < 4.78 is 5.45. The lowest BCUT2D eigenvalue weighted by Gasteiger charge is -2.34. The van der Waals surface area contributed by atoms with Crippen LogP contribution >= 0.6 is 0 Å². The van der Waals surface area contributed by atoms with E-state index < -0.39 is 11.9 Å². The molecule has 19 heavy (non-hydrogen) atoms. The van der Waals surface area contributed by atoms with Gasteiger partial charge in [0.1, 0.15) is 6.10 Å². The molecule has 4 nitrogen and oxygen atoms in total. The van der Waals surface area contributed by atoms with Crippen LogP contribution in [0, 0.1) is 17.8 Å². The van der Waals surface area contributed by atoms with Crippen molar-refractivity contribution in [3.05, 3.63) is 12.2 Å². The molecule has 108 valence electrons. The monoisotopic (exact) mass is 268 g/mol. The van der Waals surface area contributed by atoms with Crippen LogP contribution in [0.2, 0.25) is 0 Å². The van der Waals surface area contributed by atoms with Crippen molar-refractivity contribution in [1.82, 2.24) is 0 Å². The second-order valence-electron chi connectivity index (χ2n) is 5.84. The Labute approximate surface area is 114 Å². The van der Waals surface area contributed by atoms with E-state index in [1.807, 2.05) is 13.8 Å². The Hall–Kier alpha value is -1.32. The summed E-state index contributed by atoms with van der Waals surface area (Å²) in [6.07, 6.45) is 6.22. The molecule has 1 atom stereocenters. The first-order chi connectivity index (χ1) is 8.90. The standard InChI is InChI=1S/C15H24O4/c1-10(2)15(12-6-4-11(3)5-7-12)19-14(18)9-8-13(16)17/h8-12,15H,4-7H2,1-3H3,(H,16,17)/b9-8+. The van der Waals surface area contributed by atoms with Gasteiger partial charge < -0.3 is 9.84 Å². The molecular weight excluding hydrogens is 244 g/mol. The van der Waals surface area contributed by atoms with Gasteiger partial charge in [-0.05, 0) is 30.6 Å². The molecule has 0 amide bonds. The van der Waals surface area contributed by atoms with Gasteiger partial charge in [-0.25, -0.2) is 9.59 Å². The van der Waals surface area contributed by atoms with Crippen LogP contribution in [-0.2, 0) is 14.3 Å². The fourth-order valence-corrected chi connectivity index (χ4v) is 2.70. The molecule has 1 rings (SSSR count). The van der Waals surface area contributed by atoms with Crippen molar-refractivity contribution in [1.29, 1.82) is 0 Å². The number of hydrogen-bond donors (Lipinski definition) is 1. The number of carboxylic acids is 1. The first-order valence-corrected chi connectivity index (χ1v) is 7.01. The van der Waals surface area contributed by atoms with Crippen LogP contribution in [0.3, 0.4) is 0 Å². The number of carbonyl (C=O) groups excluding carboxylic acids is 1. The quantitative estimate of drug-likeness (QED) is 0.615. The van der Waals surface area contributed by atoms with Crippen LogP contribution in [0.5, 0.6) is 0 Å². The van der Waals surface area contributed by atoms with Gasteiger partial charge in [0.2, 0.25) is 0 Å². The van der Waals surface area contributed by atoms with E-state index in [9.17, 15) is 9.59 Å². The largest absolute Gasteiger partial charge is 0.478 e. The average Bonchev–Trinajstić information content (AvgIpc) is 2.34. The summed E-state index contributed by atoms with van der Waals surface area (Å²) in [4.78, 5) is 22.0. The third kappa shape index (κ3) is 5.45. The van der Waals surface area contributed by atoms with Crippen molar-refractivity contribution >= 4 is 11.9 Å². The number of carbonyl (C=O) groups is 2. The molecule has 1 fully saturated rings. The van der Waals surface area contributed by atoms with Crippen LogP contribution in [0.1, 0.15) is 46.5 Å². The van der Waals surface area contributed by atoms with Crippen molar-refractivity contribution in [2.45, 2.75) is 52.6 Å². The summed E-state index contributed by atoms with van der Waals surface area (Å²) in [7, 11) is 0. The Morgan fingerprint density at radius 3 is 2.21 bits per heavy atom. The molecule has 0 saturated heterocycles. The van der Waals surface area contributed by atoms with Crippen molar-refractivity contribution in [2.75, 3.05) is 0 Å². The first-order valence-electron chi connectivity index (χ1n) is 7.01. The van der Waals surface area contributed by atoms with Crippen LogP contribution < -0.4 is 0 Å². The van der Waals surface area contributed by atoms with E-state index in [2.05, 4.69) is 6.92 Å². The molecule has 1 N–H and O–H groups in total. The van der Waals surface area contributed by atoms with E-state index in [0.29, 0.717) is 5.92 Å². The molecule has 0 radical (unpaired) electrons. The number of ether oxygens (including phenoxy) is 1. The summed E-state index contributed by atoms with van der Waals surface area (Å²) in [5.74, 6) is -0.283. The van der Waals surface area contributed by atoms with E-state index >= 15 is 0 Å². The van der Waals surface area contributed by atoms with E-state index in [1.165, 1.54) is 12.8 Å². The molecule has 1 aliphatic rings. The Morgan fingerprint density at radius 2 is 1.74 bits per heavy atom. The molecule has 1 unspecified atom stereocenters. The van der Waals surface area contributed by atoms with Gasteiger partial charge in [0, 0.05) is 12.2 Å². The fourth-order valence-electron chi connectivity index (χ4n) is 2.70. The minimum atomic E-state index is -1.13. The summed E-state index contributed by atoms with van der Waals surface area (Å²) in [6.45, 7) is 6.33. The van der Waals surface area contributed by atoms with Crippen LogP contribution in [0.15, 0.2) is 12.2 Å². The van der Waals surface area contributed by atoms with Crippen molar-refractivity contribution in [3.63, 3.8) is 0 Å². The highest BCUT2D eigenvalue weighted by Gasteiger charge is 2.30. The SMILES string of the molecule is CC1CCC(C(OC(=O)/C=C/C(=O)O)C(C)C)CC1. The summed E-state index contributed by atoms with van der Waals surface area (Å²) >= 11 is 0. The highest BCUT2D eigenvalue weighted by atomic mass is 16.5. The second-order valence-corrected chi connectivity index (χ2v) is 5.84. The lowest BCUT2D eigenvalue weighted by molar-refractivity contribution is -0.150. The normalized spacial score (nSPS) is 25.5. The summed E-state index contributed by atoms with van der Waals surface area (Å²) in [5.41, 5.74) is 0. The summed E-state index contributed by atoms with van der Waals surface area (Å²) in [6, 6.07) is 0. The van der Waals surface area contributed by atoms with Gasteiger partial charge in [0.15, 0.2) is 0 Å². The minimum absolute atomic E-state index is 0.113. The van der Waals surface area contributed by atoms with Crippen LogP contribution in [0.25, 0.3) is 0 Å². The molecule has 0 spiro atoms. The van der Waals surface area contributed by atoms with Gasteiger partial charge in [0.05, 0.1) is 0 Å². The van der Waals surface area contributed by atoms with E-state index in [1.54, 1.807) is 0 Å². The molecule has 0 aromatic heterocycles. The van der Waals surface area contributed by atoms with Crippen molar-refractivity contribution in [3.8, 4) is 0 Å². The van der Waals surface area contributed by atoms with Gasteiger partial charge in [-0.1, -0.05) is 33.6 Å². The minimum Gasteiger partial charge on any atom is -0.478 e. The van der Waals surface area contributed by atoms with E-state index in [-0.39, 0.29) is 12.0 Å². The smallest absolute Gasteiger partial charge is 0.331 e. The maximum Gasteiger partial charge on any atom is 0.331 e. The summed E-state index contributed by atoms with van der Waals surface area (Å²) in [5, 5.41) is 8.49.